The zero-order valence-electron chi connectivity index (χ0n) is 16.9. The third kappa shape index (κ3) is 5.61. The second-order valence-corrected chi connectivity index (χ2v) is 8.46. The van der Waals surface area contributed by atoms with Gasteiger partial charge in [-0.25, -0.2) is 8.42 Å². The number of hydrogen-bond donors (Lipinski definition) is 2. The average Bonchev–Trinajstić information content (AvgIpc) is 2.75. The van der Waals surface area contributed by atoms with Gasteiger partial charge in [-0.1, -0.05) is 37.3 Å². The van der Waals surface area contributed by atoms with Crippen molar-refractivity contribution in [2.45, 2.75) is 25.2 Å². The molecule has 0 aliphatic heterocycles. The molecule has 3 aromatic carbocycles. The minimum atomic E-state index is -3.72. The van der Waals surface area contributed by atoms with E-state index in [0.717, 1.165) is 12.0 Å². The number of carbonyl (C=O) groups is 1. The molecule has 2 N–H and O–H groups in total. The lowest BCUT2D eigenvalue weighted by atomic mass is 10.1. The lowest BCUT2D eigenvalue weighted by Gasteiger charge is -2.11. The van der Waals surface area contributed by atoms with Gasteiger partial charge in [0, 0.05) is 5.69 Å². The third-order valence-electron chi connectivity index (χ3n) is 4.54. The number of anilines is 2. The Morgan fingerprint density at radius 2 is 1.60 bits per heavy atom. The summed E-state index contributed by atoms with van der Waals surface area (Å²) in [7, 11) is -3.72. The standard InChI is InChI=1S/C23H24N2O4S/c1-3-18-8-10-19(11-9-18)24-23(26)16-29-20-12-14-21(15-13-20)30(27,28)25-22-7-5-4-6-17(22)2/h4-15,25H,3,16H2,1-2H3,(H,24,26). The maximum Gasteiger partial charge on any atom is 0.262 e. The summed E-state index contributed by atoms with van der Waals surface area (Å²) in [6.45, 7) is 3.72. The molecule has 3 rings (SSSR count). The second kappa shape index (κ2) is 9.45. The summed E-state index contributed by atoms with van der Waals surface area (Å²) in [5, 5.41) is 2.76. The van der Waals surface area contributed by atoms with Gasteiger partial charge in [0.25, 0.3) is 15.9 Å². The number of nitrogens with one attached hydrogen (secondary N) is 2. The first-order chi connectivity index (χ1) is 14.4. The number of carbonyl (C=O) groups excluding carboxylic acids is 1. The fraction of sp³-hybridized carbons (Fsp3) is 0.174. The van der Waals surface area contributed by atoms with Gasteiger partial charge in [0.1, 0.15) is 5.75 Å². The normalized spacial score (nSPS) is 11.0. The Morgan fingerprint density at radius 1 is 0.933 bits per heavy atom. The summed E-state index contributed by atoms with van der Waals surface area (Å²) in [5.74, 6) is 0.110. The van der Waals surface area contributed by atoms with Crippen molar-refractivity contribution < 1.29 is 17.9 Å². The van der Waals surface area contributed by atoms with Gasteiger partial charge in [-0.3, -0.25) is 9.52 Å². The molecule has 0 spiro atoms. The molecule has 1 amide bonds. The third-order valence-corrected chi connectivity index (χ3v) is 5.92. The lowest BCUT2D eigenvalue weighted by Crippen LogP contribution is -2.20. The Bertz CT molecular complexity index is 1110. The minimum absolute atomic E-state index is 0.110. The van der Waals surface area contributed by atoms with E-state index in [-0.39, 0.29) is 17.4 Å². The number of benzene rings is 3. The van der Waals surface area contributed by atoms with E-state index >= 15 is 0 Å². The van der Waals surface area contributed by atoms with Crippen LogP contribution in [-0.4, -0.2) is 20.9 Å². The number of sulfonamides is 1. The van der Waals surface area contributed by atoms with Crippen LogP contribution in [-0.2, 0) is 21.2 Å². The Balaban J connectivity index is 1.57. The molecule has 0 saturated heterocycles. The van der Waals surface area contributed by atoms with Crippen LogP contribution in [0.25, 0.3) is 0 Å². The highest BCUT2D eigenvalue weighted by atomic mass is 32.2. The number of para-hydroxylation sites is 1. The summed E-state index contributed by atoms with van der Waals surface area (Å²) in [6, 6.07) is 20.7. The topological polar surface area (TPSA) is 84.5 Å². The molecule has 0 saturated carbocycles. The molecule has 156 valence electrons. The number of aryl methyl sites for hydroxylation is 2. The van der Waals surface area contributed by atoms with E-state index in [4.69, 9.17) is 4.74 Å². The Labute approximate surface area is 177 Å². The summed E-state index contributed by atoms with van der Waals surface area (Å²) in [4.78, 5) is 12.2. The molecule has 7 heteroatoms. The van der Waals surface area contributed by atoms with Gasteiger partial charge in [-0.05, 0) is 66.9 Å². The molecular formula is C23H24N2O4S. The number of hydrogen-bond acceptors (Lipinski definition) is 4. The summed E-state index contributed by atoms with van der Waals surface area (Å²) < 4.78 is 33.2. The number of ether oxygens (including phenoxy) is 1. The average molecular weight is 425 g/mol. The molecule has 3 aromatic rings. The molecule has 6 nitrogen and oxygen atoms in total. The quantitative estimate of drug-likeness (QED) is 0.562. The van der Waals surface area contributed by atoms with E-state index in [1.807, 2.05) is 43.3 Å². The molecule has 0 aromatic heterocycles. The second-order valence-electron chi connectivity index (χ2n) is 6.78. The predicted molar refractivity (Wildman–Crippen MR) is 118 cm³/mol. The van der Waals surface area contributed by atoms with Crippen molar-refractivity contribution in [3.63, 3.8) is 0 Å². The molecular weight excluding hydrogens is 400 g/mol. The van der Waals surface area contributed by atoms with Gasteiger partial charge >= 0.3 is 0 Å². The SMILES string of the molecule is CCc1ccc(NC(=O)COc2ccc(S(=O)(=O)Nc3ccccc3C)cc2)cc1. The highest BCUT2D eigenvalue weighted by Gasteiger charge is 2.15. The van der Waals surface area contributed by atoms with Crippen LogP contribution in [0.5, 0.6) is 5.75 Å². The van der Waals surface area contributed by atoms with Crippen molar-refractivity contribution >= 4 is 27.3 Å². The van der Waals surface area contributed by atoms with Gasteiger partial charge in [0.2, 0.25) is 0 Å². The fourth-order valence-corrected chi connectivity index (χ4v) is 3.91. The molecule has 30 heavy (non-hydrogen) atoms. The molecule has 0 fully saturated rings. The van der Waals surface area contributed by atoms with Crippen LogP contribution in [0.4, 0.5) is 11.4 Å². The Morgan fingerprint density at radius 3 is 2.23 bits per heavy atom. The largest absolute Gasteiger partial charge is 0.484 e. The fourth-order valence-electron chi connectivity index (χ4n) is 2.78. The smallest absolute Gasteiger partial charge is 0.262 e. The van der Waals surface area contributed by atoms with Crippen molar-refractivity contribution in [3.8, 4) is 5.75 Å². The maximum atomic E-state index is 12.6. The van der Waals surface area contributed by atoms with E-state index in [0.29, 0.717) is 17.1 Å². The van der Waals surface area contributed by atoms with E-state index in [9.17, 15) is 13.2 Å². The zero-order valence-corrected chi connectivity index (χ0v) is 17.7. The lowest BCUT2D eigenvalue weighted by molar-refractivity contribution is -0.118. The predicted octanol–water partition coefficient (Wildman–Crippen LogP) is 4.38. The maximum absolute atomic E-state index is 12.6. The van der Waals surface area contributed by atoms with E-state index in [1.165, 1.54) is 29.8 Å². The highest BCUT2D eigenvalue weighted by molar-refractivity contribution is 7.92. The van der Waals surface area contributed by atoms with Crippen LogP contribution in [0.15, 0.2) is 77.7 Å². The van der Waals surface area contributed by atoms with Crippen molar-refractivity contribution in [2.24, 2.45) is 0 Å². The molecule has 0 bridgehead atoms. The monoisotopic (exact) mass is 424 g/mol. The van der Waals surface area contributed by atoms with Crippen molar-refractivity contribution in [1.29, 1.82) is 0 Å². The van der Waals surface area contributed by atoms with Crippen LogP contribution in [0.1, 0.15) is 18.1 Å². The van der Waals surface area contributed by atoms with Gasteiger partial charge in [-0.15, -0.1) is 0 Å². The van der Waals surface area contributed by atoms with Gasteiger partial charge in [-0.2, -0.15) is 0 Å². The highest BCUT2D eigenvalue weighted by Crippen LogP contribution is 2.21. The van der Waals surface area contributed by atoms with E-state index in [1.54, 1.807) is 12.1 Å². The summed E-state index contributed by atoms with van der Waals surface area (Å²) >= 11 is 0. The van der Waals surface area contributed by atoms with Crippen LogP contribution < -0.4 is 14.8 Å². The van der Waals surface area contributed by atoms with E-state index in [2.05, 4.69) is 17.0 Å². The molecule has 0 aliphatic rings. The van der Waals surface area contributed by atoms with Crippen molar-refractivity contribution in [2.75, 3.05) is 16.6 Å². The van der Waals surface area contributed by atoms with Crippen molar-refractivity contribution in [1.82, 2.24) is 0 Å². The summed E-state index contributed by atoms with van der Waals surface area (Å²) in [5.41, 5.74) is 3.25. The zero-order chi connectivity index (χ0) is 21.6. The van der Waals surface area contributed by atoms with Crippen LogP contribution >= 0.6 is 0 Å². The van der Waals surface area contributed by atoms with E-state index < -0.39 is 10.0 Å². The Hall–Kier alpha value is -3.32. The molecule has 0 unspecified atom stereocenters. The molecule has 0 heterocycles. The number of amides is 1. The van der Waals surface area contributed by atoms with Gasteiger partial charge in [0.15, 0.2) is 6.61 Å². The summed E-state index contributed by atoms with van der Waals surface area (Å²) in [6.07, 6.45) is 0.934. The first kappa shape index (κ1) is 21.4. The molecule has 0 radical (unpaired) electrons. The van der Waals surface area contributed by atoms with Crippen LogP contribution in [0.2, 0.25) is 0 Å². The van der Waals surface area contributed by atoms with Crippen LogP contribution in [0.3, 0.4) is 0 Å². The molecule has 0 aliphatic carbocycles. The van der Waals surface area contributed by atoms with Gasteiger partial charge < -0.3 is 10.1 Å². The first-order valence-electron chi connectivity index (χ1n) is 9.57. The van der Waals surface area contributed by atoms with Crippen LogP contribution in [0, 0.1) is 6.92 Å². The van der Waals surface area contributed by atoms with Gasteiger partial charge in [0.05, 0.1) is 10.6 Å². The van der Waals surface area contributed by atoms with Crippen molar-refractivity contribution in [3.05, 3.63) is 83.9 Å². The minimum Gasteiger partial charge on any atom is -0.484 e. The Kier molecular flexibility index (Phi) is 6.74. The first-order valence-corrected chi connectivity index (χ1v) is 11.1. The molecule has 0 atom stereocenters. The number of rotatable bonds is 8.